The summed E-state index contributed by atoms with van der Waals surface area (Å²) >= 11 is 0. The van der Waals surface area contributed by atoms with Crippen molar-refractivity contribution in [2.75, 3.05) is 13.6 Å². The Morgan fingerprint density at radius 2 is 1.89 bits per heavy atom. The van der Waals surface area contributed by atoms with Crippen LogP contribution in [0.4, 0.5) is 0 Å². The molecule has 106 valence electrons. The molecule has 18 heavy (non-hydrogen) atoms. The maximum atomic E-state index is 12.0. The first-order chi connectivity index (χ1) is 8.38. The van der Waals surface area contributed by atoms with Gasteiger partial charge in [-0.3, -0.25) is 9.79 Å². The lowest BCUT2D eigenvalue weighted by atomic mass is 9.97. The third-order valence-electron chi connectivity index (χ3n) is 2.66. The summed E-state index contributed by atoms with van der Waals surface area (Å²) in [4.78, 5) is 15.8. The predicted octanol–water partition coefficient (Wildman–Crippen LogP) is 0.892. The van der Waals surface area contributed by atoms with Gasteiger partial charge < -0.3 is 16.4 Å². The quantitative estimate of drug-likeness (QED) is 0.342. The summed E-state index contributed by atoms with van der Waals surface area (Å²) < 4.78 is 0. The maximum absolute atomic E-state index is 12.0. The zero-order chi connectivity index (χ0) is 14.1. The lowest BCUT2D eigenvalue weighted by molar-refractivity contribution is -0.124. The van der Waals surface area contributed by atoms with E-state index in [2.05, 4.69) is 29.5 Å². The molecule has 0 bridgehead atoms. The fourth-order valence-electron chi connectivity index (χ4n) is 1.71. The van der Waals surface area contributed by atoms with Crippen molar-refractivity contribution < 1.29 is 4.79 Å². The van der Waals surface area contributed by atoms with Gasteiger partial charge in [0.2, 0.25) is 0 Å². The lowest BCUT2D eigenvalue weighted by Gasteiger charge is -2.22. The number of hydrogen-bond acceptors (Lipinski definition) is 3. The number of rotatable bonds is 8. The number of nitrogens with zero attached hydrogens (tertiary/aromatic N) is 1. The summed E-state index contributed by atoms with van der Waals surface area (Å²) in [5.41, 5.74) is 5.53. The Morgan fingerprint density at radius 1 is 1.28 bits per heavy atom. The molecule has 4 N–H and O–H groups in total. The van der Waals surface area contributed by atoms with Crippen molar-refractivity contribution in [3.05, 3.63) is 0 Å². The molecule has 1 unspecified atom stereocenters. The number of aliphatic imine (C=N–C) groups is 1. The molecule has 0 radical (unpaired) electrons. The molecule has 0 aromatic heterocycles. The smallest absolute Gasteiger partial charge is 0.188 e. The molecule has 0 aliphatic heterocycles. The fraction of sp³-hybridized carbons (Fsp3) is 0.846. The van der Waals surface area contributed by atoms with Gasteiger partial charge in [0.05, 0.1) is 6.04 Å². The highest BCUT2D eigenvalue weighted by Crippen LogP contribution is 2.06. The zero-order valence-corrected chi connectivity index (χ0v) is 12.3. The summed E-state index contributed by atoms with van der Waals surface area (Å²) in [5, 5.41) is 6.32. The van der Waals surface area contributed by atoms with Crippen LogP contribution in [0.5, 0.6) is 0 Å². The third-order valence-corrected chi connectivity index (χ3v) is 2.66. The summed E-state index contributed by atoms with van der Waals surface area (Å²) in [5.74, 6) is 0.788. The number of carbonyl (C=O) groups excluding carboxylic acids is 1. The second kappa shape index (κ2) is 8.91. The Bertz CT molecular complexity index is 274. The average Bonchev–Trinajstić information content (AvgIpc) is 2.30. The van der Waals surface area contributed by atoms with Gasteiger partial charge in [-0.05, 0) is 12.8 Å². The highest BCUT2D eigenvalue weighted by atomic mass is 16.1. The van der Waals surface area contributed by atoms with Crippen molar-refractivity contribution in [2.45, 2.75) is 52.6 Å². The number of ketones is 1. The summed E-state index contributed by atoms with van der Waals surface area (Å²) in [6, 6.07) is 0.250. The van der Waals surface area contributed by atoms with Crippen LogP contribution < -0.4 is 16.4 Å². The van der Waals surface area contributed by atoms with Crippen molar-refractivity contribution in [3.8, 4) is 0 Å². The van der Waals surface area contributed by atoms with E-state index in [0.29, 0.717) is 12.0 Å². The predicted molar refractivity (Wildman–Crippen MR) is 76.7 cm³/mol. The summed E-state index contributed by atoms with van der Waals surface area (Å²) in [7, 11) is 1.65. The molecule has 0 aromatic rings. The molecule has 1 atom stereocenters. The molecular formula is C13H28N4O. The molecular weight excluding hydrogens is 228 g/mol. The van der Waals surface area contributed by atoms with Crippen LogP contribution in [0.15, 0.2) is 4.99 Å². The minimum atomic E-state index is -0.0633. The van der Waals surface area contributed by atoms with Crippen molar-refractivity contribution in [1.29, 1.82) is 0 Å². The van der Waals surface area contributed by atoms with Crippen LogP contribution in [0.1, 0.15) is 40.5 Å². The number of guanidine groups is 1. The van der Waals surface area contributed by atoms with E-state index in [0.717, 1.165) is 19.4 Å². The maximum Gasteiger partial charge on any atom is 0.188 e. The van der Waals surface area contributed by atoms with Crippen LogP contribution in [0, 0.1) is 5.92 Å². The topological polar surface area (TPSA) is 79.5 Å². The monoisotopic (exact) mass is 256 g/mol. The molecule has 0 heterocycles. The summed E-state index contributed by atoms with van der Waals surface area (Å²) in [6.07, 6.45) is 1.71. The van der Waals surface area contributed by atoms with Gasteiger partial charge in [0.25, 0.3) is 0 Å². The molecule has 0 aliphatic carbocycles. The molecule has 5 nitrogen and oxygen atoms in total. The average molecular weight is 256 g/mol. The van der Waals surface area contributed by atoms with E-state index in [9.17, 15) is 4.79 Å². The molecule has 0 saturated heterocycles. The van der Waals surface area contributed by atoms with E-state index >= 15 is 0 Å². The standard InChI is InChI=1S/C13H28N4O/c1-9(2)12(18)11(17-10(3)4)7-6-8-16-13(14)15-5/h9-11,17H,6-8H2,1-5H3,(H3,14,15,16). The minimum Gasteiger partial charge on any atom is -0.370 e. The van der Waals surface area contributed by atoms with E-state index in [1.807, 2.05) is 13.8 Å². The van der Waals surface area contributed by atoms with Gasteiger partial charge in [-0.2, -0.15) is 0 Å². The van der Waals surface area contributed by atoms with Gasteiger partial charge in [0.15, 0.2) is 11.7 Å². The second-order valence-corrected chi connectivity index (χ2v) is 5.11. The van der Waals surface area contributed by atoms with E-state index < -0.39 is 0 Å². The van der Waals surface area contributed by atoms with E-state index in [-0.39, 0.29) is 17.7 Å². The second-order valence-electron chi connectivity index (χ2n) is 5.11. The van der Waals surface area contributed by atoms with Gasteiger partial charge in [-0.1, -0.05) is 27.7 Å². The first-order valence-electron chi connectivity index (χ1n) is 6.64. The highest BCUT2D eigenvalue weighted by molar-refractivity contribution is 5.85. The van der Waals surface area contributed by atoms with Crippen LogP contribution in [0.25, 0.3) is 0 Å². The largest absolute Gasteiger partial charge is 0.370 e. The van der Waals surface area contributed by atoms with Crippen molar-refractivity contribution in [3.63, 3.8) is 0 Å². The van der Waals surface area contributed by atoms with Gasteiger partial charge >= 0.3 is 0 Å². The first-order valence-corrected chi connectivity index (χ1v) is 6.64. The van der Waals surface area contributed by atoms with Crippen molar-refractivity contribution >= 4 is 11.7 Å². The number of Topliss-reactive ketones (excluding diaryl/α,β-unsaturated/α-hetero) is 1. The Hall–Kier alpha value is -1.10. The van der Waals surface area contributed by atoms with Gasteiger partial charge in [-0.25, -0.2) is 0 Å². The van der Waals surface area contributed by atoms with Crippen LogP contribution in [-0.4, -0.2) is 37.4 Å². The Morgan fingerprint density at radius 3 is 2.33 bits per heavy atom. The van der Waals surface area contributed by atoms with Crippen molar-refractivity contribution in [1.82, 2.24) is 10.6 Å². The molecule has 5 heteroatoms. The van der Waals surface area contributed by atoms with E-state index in [1.165, 1.54) is 0 Å². The molecule has 0 saturated carbocycles. The molecule has 0 aliphatic rings. The zero-order valence-electron chi connectivity index (χ0n) is 12.3. The van der Waals surface area contributed by atoms with Gasteiger partial charge in [-0.15, -0.1) is 0 Å². The highest BCUT2D eigenvalue weighted by Gasteiger charge is 2.20. The first kappa shape index (κ1) is 16.9. The number of nitrogens with two attached hydrogens (primary N) is 1. The summed E-state index contributed by atoms with van der Waals surface area (Å²) in [6.45, 7) is 8.74. The fourth-order valence-corrected chi connectivity index (χ4v) is 1.71. The number of nitrogens with one attached hydrogen (secondary N) is 2. The number of carbonyl (C=O) groups is 1. The van der Waals surface area contributed by atoms with E-state index in [4.69, 9.17) is 5.73 Å². The third kappa shape index (κ3) is 7.27. The van der Waals surface area contributed by atoms with Crippen LogP contribution in [-0.2, 0) is 4.79 Å². The molecule has 0 rings (SSSR count). The molecule has 0 fully saturated rings. The minimum absolute atomic E-state index is 0.0633. The van der Waals surface area contributed by atoms with Gasteiger partial charge in [0.1, 0.15) is 0 Å². The molecule has 0 amide bonds. The van der Waals surface area contributed by atoms with Crippen LogP contribution in [0.3, 0.4) is 0 Å². The van der Waals surface area contributed by atoms with Crippen molar-refractivity contribution in [2.24, 2.45) is 16.6 Å². The van der Waals surface area contributed by atoms with Crippen LogP contribution >= 0.6 is 0 Å². The molecule has 0 spiro atoms. The van der Waals surface area contributed by atoms with Crippen LogP contribution in [0.2, 0.25) is 0 Å². The normalized spacial score (nSPS) is 14.1. The van der Waals surface area contributed by atoms with Gasteiger partial charge in [0, 0.05) is 25.6 Å². The Balaban J connectivity index is 4.13. The van der Waals surface area contributed by atoms with E-state index in [1.54, 1.807) is 7.05 Å². The number of hydrogen-bond donors (Lipinski definition) is 3. The lowest BCUT2D eigenvalue weighted by Crippen LogP contribution is -2.43. The molecule has 0 aromatic carbocycles. The Kier molecular flexibility index (Phi) is 8.37. The SMILES string of the molecule is CN=C(N)NCCCC(NC(C)C)C(=O)C(C)C. The Labute approximate surface area is 111 Å².